The van der Waals surface area contributed by atoms with Gasteiger partial charge in [0.2, 0.25) is 5.56 Å². The van der Waals surface area contributed by atoms with Crippen LogP contribution in [0.4, 0.5) is 5.69 Å². The van der Waals surface area contributed by atoms with Crippen LogP contribution in [0.1, 0.15) is 5.56 Å². The molecule has 0 amide bonds. The lowest BCUT2D eigenvalue weighted by molar-refractivity contribution is 0.249. The summed E-state index contributed by atoms with van der Waals surface area (Å²) in [7, 11) is 1.68. The quantitative estimate of drug-likeness (QED) is 0.933. The first-order valence-corrected chi connectivity index (χ1v) is 7.53. The SMILES string of the molecule is COc1ccc(N2CCN(Cc3cc[nH]c(=O)c3)CC2)cc1. The molecule has 0 aliphatic carbocycles. The maximum Gasteiger partial charge on any atom is 0.248 e. The third-order valence-electron chi connectivity index (χ3n) is 4.06. The zero-order valence-electron chi connectivity index (χ0n) is 12.8. The standard InChI is InChI=1S/C17H21N3O2/c1-22-16-4-2-15(3-5-16)20-10-8-19(9-11-20)13-14-6-7-18-17(21)12-14/h2-7,12H,8-11,13H2,1H3,(H,18,21). The number of aromatic nitrogens is 1. The van der Waals surface area contributed by atoms with Gasteiger partial charge in [-0.15, -0.1) is 0 Å². The lowest BCUT2D eigenvalue weighted by atomic mass is 10.2. The van der Waals surface area contributed by atoms with Gasteiger partial charge in [0.25, 0.3) is 0 Å². The van der Waals surface area contributed by atoms with E-state index in [1.54, 1.807) is 19.4 Å². The number of nitrogens with zero attached hydrogens (tertiary/aromatic N) is 2. The fourth-order valence-electron chi connectivity index (χ4n) is 2.80. The number of aromatic amines is 1. The summed E-state index contributed by atoms with van der Waals surface area (Å²) in [6.07, 6.45) is 1.71. The zero-order valence-corrected chi connectivity index (χ0v) is 12.8. The number of pyridine rings is 1. The van der Waals surface area contributed by atoms with Crippen molar-refractivity contribution < 1.29 is 4.74 Å². The van der Waals surface area contributed by atoms with E-state index >= 15 is 0 Å². The Kier molecular flexibility index (Phi) is 4.44. The van der Waals surface area contributed by atoms with E-state index in [0.717, 1.165) is 44.0 Å². The molecule has 1 aromatic carbocycles. The van der Waals surface area contributed by atoms with Gasteiger partial charge in [0.05, 0.1) is 7.11 Å². The molecule has 1 aromatic heterocycles. The number of H-pyrrole nitrogens is 1. The molecule has 22 heavy (non-hydrogen) atoms. The monoisotopic (exact) mass is 299 g/mol. The summed E-state index contributed by atoms with van der Waals surface area (Å²) in [6, 6.07) is 11.8. The van der Waals surface area contributed by atoms with E-state index in [-0.39, 0.29) is 5.56 Å². The summed E-state index contributed by atoms with van der Waals surface area (Å²) in [5, 5.41) is 0. The molecule has 0 spiro atoms. The normalized spacial score (nSPS) is 15.8. The van der Waals surface area contributed by atoms with Gasteiger partial charge in [0.1, 0.15) is 5.75 Å². The Balaban J connectivity index is 1.56. The molecule has 0 atom stereocenters. The highest BCUT2D eigenvalue weighted by atomic mass is 16.5. The van der Waals surface area contributed by atoms with Gasteiger partial charge in [-0.1, -0.05) is 0 Å². The molecule has 0 unspecified atom stereocenters. The molecule has 116 valence electrons. The average Bonchev–Trinajstić information content (AvgIpc) is 2.56. The van der Waals surface area contributed by atoms with Crippen molar-refractivity contribution in [3.63, 3.8) is 0 Å². The first-order valence-electron chi connectivity index (χ1n) is 7.53. The van der Waals surface area contributed by atoms with Crippen LogP contribution < -0.4 is 15.2 Å². The Morgan fingerprint density at radius 1 is 1.09 bits per heavy atom. The van der Waals surface area contributed by atoms with Crippen molar-refractivity contribution in [2.45, 2.75) is 6.54 Å². The first kappa shape index (κ1) is 14.7. The Hall–Kier alpha value is -2.27. The number of nitrogens with one attached hydrogen (secondary N) is 1. The van der Waals surface area contributed by atoms with Crippen LogP contribution >= 0.6 is 0 Å². The van der Waals surface area contributed by atoms with Gasteiger partial charge < -0.3 is 14.6 Å². The molecule has 0 bridgehead atoms. The summed E-state index contributed by atoms with van der Waals surface area (Å²) < 4.78 is 5.19. The van der Waals surface area contributed by atoms with Crippen LogP contribution in [0.5, 0.6) is 5.75 Å². The second-order valence-electron chi connectivity index (χ2n) is 5.52. The topological polar surface area (TPSA) is 48.6 Å². The lowest BCUT2D eigenvalue weighted by Gasteiger charge is -2.36. The molecule has 1 saturated heterocycles. The van der Waals surface area contributed by atoms with Crippen LogP contribution in [0.25, 0.3) is 0 Å². The molecular weight excluding hydrogens is 278 g/mol. The summed E-state index contributed by atoms with van der Waals surface area (Å²) in [5.41, 5.74) is 2.27. The van der Waals surface area contributed by atoms with Gasteiger partial charge in [0, 0.05) is 50.7 Å². The number of piperazine rings is 1. The fourth-order valence-corrected chi connectivity index (χ4v) is 2.80. The third kappa shape index (κ3) is 3.49. The molecule has 1 aliphatic heterocycles. The van der Waals surface area contributed by atoms with Crippen molar-refractivity contribution in [3.05, 3.63) is 58.5 Å². The summed E-state index contributed by atoms with van der Waals surface area (Å²) in [5.74, 6) is 0.886. The van der Waals surface area contributed by atoms with Crippen LogP contribution in [0.3, 0.4) is 0 Å². The number of hydrogen-bond acceptors (Lipinski definition) is 4. The smallest absolute Gasteiger partial charge is 0.248 e. The molecule has 1 N–H and O–H groups in total. The maximum atomic E-state index is 11.3. The molecule has 2 heterocycles. The molecule has 3 rings (SSSR count). The van der Waals surface area contributed by atoms with Crippen molar-refractivity contribution >= 4 is 5.69 Å². The van der Waals surface area contributed by atoms with Crippen LogP contribution in [-0.4, -0.2) is 43.2 Å². The Morgan fingerprint density at radius 3 is 2.45 bits per heavy atom. The van der Waals surface area contributed by atoms with Crippen molar-refractivity contribution in [1.82, 2.24) is 9.88 Å². The minimum absolute atomic E-state index is 0.0330. The van der Waals surface area contributed by atoms with Crippen molar-refractivity contribution in [2.24, 2.45) is 0 Å². The van der Waals surface area contributed by atoms with Gasteiger partial charge in [-0.05, 0) is 35.9 Å². The van der Waals surface area contributed by atoms with Crippen LogP contribution in [0, 0.1) is 0 Å². The minimum Gasteiger partial charge on any atom is -0.497 e. The van der Waals surface area contributed by atoms with Gasteiger partial charge in [-0.2, -0.15) is 0 Å². The van der Waals surface area contributed by atoms with Gasteiger partial charge in [-0.25, -0.2) is 0 Å². The number of anilines is 1. The minimum atomic E-state index is -0.0330. The summed E-state index contributed by atoms with van der Waals surface area (Å²) in [4.78, 5) is 18.7. The van der Waals surface area contributed by atoms with E-state index in [1.165, 1.54) is 5.69 Å². The molecule has 0 radical (unpaired) electrons. The van der Waals surface area contributed by atoms with Crippen LogP contribution in [0.15, 0.2) is 47.4 Å². The zero-order chi connectivity index (χ0) is 15.4. The molecule has 2 aromatic rings. The number of hydrogen-bond donors (Lipinski definition) is 1. The van der Waals surface area contributed by atoms with Gasteiger partial charge in [-0.3, -0.25) is 9.69 Å². The highest BCUT2D eigenvalue weighted by Crippen LogP contribution is 2.20. The average molecular weight is 299 g/mol. The van der Waals surface area contributed by atoms with Crippen molar-refractivity contribution in [1.29, 1.82) is 0 Å². The number of ether oxygens (including phenoxy) is 1. The summed E-state index contributed by atoms with van der Waals surface area (Å²) >= 11 is 0. The number of benzene rings is 1. The first-order chi connectivity index (χ1) is 10.7. The number of rotatable bonds is 4. The third-order valence-corrected chi connectivity index (χ3v) is 4.06. The largest absolute Gasteiger partial charge is 0.497 e. The van der Waals surface area contributed by atoms with E-state index < -0.39 is 0 Å². The van der Waals surface area contributed by atoms with E-state index in [4.69, 9.17) is 4.74 Å². The van der Waals surface area contributed by atoms with Crippen molar-refractivity contribution in [2.75, 3.05) is 38.2 Å². The molecule has 1 fully saturated rings. The Morgan fingerprint density at radius 2 is 1.82 bits per heavy atom. The fraction of sp³-hybridized carbons (Fsp3) is 0.353. The van der Waals surface area contributed by atoms with E-state index in [9.17, 15) is 4.79 Å². The molecule has 5 heteroatoms. The second-order valence-corrected chi connectivity index (χ2v) is 5.52. The lowest BCUT2D eigenvalue weighted by Crippen LogP contribution is -2.46. The Labute approximate surface area is 130 Å². The van der Waals surface area contributed by atoms with Crippen molar-refractivity contribution in [3.8, 4) is 5.75 Å². The molecular formula is C17H21N3O2. The Bertz CT molecular complexity index is 658. The summed E-state index contributed by atoms with van der Waals surface area (Å²) in [6.45, 7) is 4.82. The van der Waals surface area contributed by atoms with E-state index in [0.29, 0.717) is 0 Å². The predicted molar refractivity (Wildman–Crippen MR) is 87.5 cm³/mol. The number of methoxy groups -OCH3 is 1. The van der Waals surface area contributed by atoms with E-state index in [2.05, 4.69) is 26.9 Å². The second kappa shape index (κ2) is 6.66. The highest BCUT2D eigenvalue weighted by molar-refractivity contribution is 5.49. The van der Waals surface area contributed by atoms with Gasteiger partial charge in [0.15, 0.2) is 0 Å². The van der Waals surface area contributed by atoms with Gasteiger partial charge >= 0.3 is 0 Å². The molecule has 5 nitrogen and oxygen atoms in total. The van der Waals surface area contributed by atoms with E-state index in [1.807, 2.05) is 18.2 Å². The molecule has 0 saturated carbocycles. The molecule has 1 aliphatic rings. The maximum absolute atomic E-state index is 11.3. The van der Waals surface area contributed by atoms with Crippen LogP contribution in [0.2, 0.25) is 0 Å². The van der Waals surface area contributed by atoms with Crippen LogP contribution in [-0.2, 0) is 6.54 Å². The predicted octanol–water partition coefficient (Wildman–Crippen LogP) is 1.71. The highest BCUT2D eigenvalue weighted by Gasteiger charge is 2.17.